The third-order valence-corrected chi connectivity index (χ3v) is 5.12. The zero-order valence-corrected chi connectivity index (χ0v) is 12.4. The largest absolute Gasteiger partial charge is 0.465 e. The van der Waals surface area contributed by atoms with E-state index in [1.54, 1.807) is 6.07 Å². The van der Waals surface area contributed by atoms with Gasteiger partial charge in [-0.3, -0.25) is 4.72 Å². The van der Waals surface area contributed by atoms with Gasteiger partial charge in [0.05, 0.1) is 18.7 Å². The zero-order chi connectivity index (χ0) is 14.8. The van der Waals surface area contributed by atoms with Crippen molar-refractivity contribution in [3.63, 3.8) is 0 Å². The lowest BCUT2D eigenvalue weighted by Crippen LogP contribution is -2.23. The lowest BCUT2D eigenvalue weighted by molar-refractivity contribution is 0.0601. The molecule has 0 aromatic carbocycles. The van der Waals surface area contributed by atoms with Crippen molar-refractivity contribution in [1.29, 1.82) is 5.26 Å². The van der Waals surface area contributed by atoms with Crippen molar-refractivity contribution in [2.75, 3.05) is 24.1 Å². The molecule has 1 aliphatic rings. The molecule has 0 saturated heterocycles. The third kappa shape index (κ3) is 2.92. The number of rotatable bonds is 4. The number of carbonyl (C=O) groups is 1. The second kappa shape index (κ2) is 5.78. The lowest BCUT2D eigenvalue weighted by Gasteiger charge is -2.13. The monoisotopic (exact) mass is 315 g/mol. The highest BCUT2D eigenvalue weighted by molar-refractivity contribution is 7.93. The average Bonchev–Trinajstić information content (AvgIpc) is 2.74. The van der Waals surface area contributed by atoms with E-state index < -0.39 is 21.7 Å². The maximum absolute atomic E-state index is 11.9. The summed E-state index contributed by atoms with van der Waals surface area (Å²) in [6, 6.07) is 1.58. The van der Waals surface area contributed by atoms with Gasteiger partial charge in [-0.05, 0) is 18.5 Å². The molecule has 2 rings (SSSR count). The van der Waals surface area contributed by atoms with Crippen LogP contribution in [0.4, 0.5) is 5.00 Å². The maximum atomic E-state index is 11.9. The van der Waals surface area contributed by atoms with Crippen molar-refractivity contribution >= 4 is 32.3 Å². The molecule has 0 radical (unpaired) electrons. The standard InChI is InChI=1S/C11H13N3O4S2/c1-18-11(15)9-7-2-4-13-6-8(7)19-10(9)14-20(16,17)5-3-12/h13-14H,2,4-6H2,1H3. The number of fused-ring (bicyclic) bond motifs is 1. The summed E-state index contributed by atoms with van der Waals surface area (Å²) in [7, 11) is -2.53. The summed E-state index contributed by atoms with van der Waals surface area (Å²) in [6.45, 7) is 1.31. The van der Waals surface area contributed by atoms with Crippen molar-refractivity contribution < 1.29 is 17.9 Å². The van der Waals surface area contributed by atoms with E-state index in [-0.39, 0.29) is 10.6 Å². The first kappa shape index (κ1) is 14.8. The summed E-state index contributed by atoms with van der Waals surface area (Å²) in [5.41, 5.74) is 1.07. The summed E-state index contributed by atoms with van der Waals surface area (Å²) in [6.07, 6.45) is 0.635. The number of thiophene rings is 1. The molecule has 0 unspecified atom stereocenters. The van der Waals surface area contributed by atoms with Crippen molar-refractivity contribution in [2.24, 2.45) is 0 Å². The molecule has 1 aromatic rings. The predicted molar refractivity (Wildman–Crippen MR) is 74.1 cm³/mol. The van der Waals surface area contributed by atoms with E-state index in [4.69, 9.17) is 10.00 Å². The summed E-state index contributed by atoms with van der Waals surface area (Å²) in [5.74, 6) is -1.23. The molecule has 1 aromatic heterocycles. The number of carbonyl (C=O) groups excluding carboxylic acids is 1. The minimum atomic E-state index is -3.78. The molecule has 9 heteroatoms. The van der Waals surface area contributed by atoms with E-state index in [9.17, 15) is 13.2 Å². The Balaban J connectivity index is 2.45. The third-order valence-electron chi connectivity index (χ3n) is 2.82. The Morgan fingerprint density at radius 3 is 3.00 bits per heavy atom. The molecule has 20 heavy (non-hydrogen) atoms. The number of nitriles is 1. The molecule has 1 aliphatic heterocycles. The number of hydrogen-bond acceptors (Lipinski definition) is 7. The zero-order valence-electron chi connectivity index (χ0n) is 10.7. The van der Waals surface area contributed by atoms with Crippen molar-refractivity contribution in [3.8, 4) is 6.07 Å². The molecule has 2 heterocycles. The van der Waals surface area contributed by atoms with Gasteiger partial charge in [0.25, 0.3) is 0 Å². The molecule has 0 aliphatic carbocycles. The van der Waals surface area contributed by atoms with Gasteiger partial charge in [-0.25, -0.2) is 13.2 Å². The van der Waals surface area contributed by atoms with Crippen LogP contribution in [0, 0.1) is 11.3 Å². The number of methoxy groups -OCH3 is 1. The van der Waals surface area contributed by atoms with Crippen LogP contribution >= 0.6 is 11.3 Å². The molecule has 108 valence electrons. The number of hydrogen-bond donors (Lipinski definition) is 2. The number of nitrogens with one attached hydrogen (secondary N) is 2. The van der Waals surface area contributed by atoms with Gasteiger partial charge >= 0.3 is 5.97 Å². The van der Waals surface area contributed by atoms with Gasteiger partial charge in [0.15, 0.2) is 5.75 Å². The van der Waals surface area contributed by atoms with Gasteiger partial charge in [-0.1, -0.05) is 0 Å². The van der Waals surface area contributed by atoms with E-state index in [0.717, 1.165) is 17.0 Å². The van der Waals surface area contributed by atoms with Gasteiger partial charge in [0.1, 0.15) is 5.00 Å². The highest BCUT2D eigenvalue weighted by Crippen LogP contribution is 2.36. The number of esters is 1. The highest BCUT2D eigenvalue weighted by atomic mass is 32.2. The Labute approximate surface area is 120 Å². The normalized spacial score (nSPS) is 14.2. The summed E-state index contributed by atoms with van der Waals surface area (Å²) in [4.78, 5) is 12.8. The van der Waals surface area contributed by atoms with Gasteiger partial charge in [-0.2, -0.15) is 5.26 Å². The van der Waals surface area contributed by atoms with Crippen LogP contribution in [0.3, 0.4) is 0 Å². The molecule has 0 amide bonds. The fourth-order valence-corrected chi connectivity index (χ4v) is 4.22. The second-order valence-corrected chi connectivity index (χ2v) is 6.97. The first-order valence-electron chi connectivity index (χ1n) is 5.79. The van der Waals surface area contributed by atoms with E-state index in [1.807, 2.05) is 0 Å². The summed E-state index contributed by atoms with van der Waals surface area (Å²) < 4.78 is 30.4. The van der Waals surface area contributed by atoms with Crippen LogP contribution in [0.15, 0.2) is 0 Å². The number of ether oxygens (including phenoxy) is 1. The van der Waals surface area contributed by atoms with Crippen LogP contribution in [0.1, 0.15) is 20.8 Å². The van der Waals surface area contributed by atoms with E-state index in [0.29, 0.717) is 13.0 Å². The van der Waals surface area contributed by atoms with Crippen molar-refractivity contribution in [1.82, 2.24) is 5.32 Å². The van der Waals surface area contributed by atoms with E-state index in [2.05, 4.69) is 10.0 Å². The molecular weight excluding hydrogens is 302 g/mol. The van der Waals surface area contributed by atoms with Gasteiger partial charge in [-0.15, -0.1) is 11.3 Å². The maximum Gasteiger partial charge on any atom is 0.341 e. The fourth-order valence-electron chi connectivity index (χ4n) is 1.99. The molecule has 0 saturated carbocycles. The van der Waals surface area contributed by atoms with Crippen LogP contribution in [0.2, 0.25) is 0 Å². The average molecular weight is 315 g/mol. The Morgan fingerprint density at radius 1 is 1.60 bits per heavy atom. The van der Waals surface area contributed by atoms with Crippen molar-refractivity contribution in [2.45, 2.75) is 13.0 Å². The van der Waals surface area contributed by atoms with E-state index >= 15 is 0 Å². The Hall–Kier alpha value is -1.63. The molecule has 0 atom stereocenters. The first-order chi connectivity index (χ1) is 9.48. The Kier molecular flexibility index (Phi) is 4.27. The van der Waals surface area contributed by atoms with Crippen LogP contribution in [0.25, 0.3) is 0 Å². The number of sulfonamides is 1. The summed E-state index contributed by atoms with van der Waals surface area (Å²) >= 11 is 1.20. The highest BCUT2D eigenvalue weighted by Gasteiger charge is 2.27. The topological polar surface area (TPSA) is 108 Å². The minimum Gasteiger partial charge on any atom is -0.465 e. The Morgan fingerprint density at radius 2 is 2.35 bits per heavy atom. The molecule has 0 fully saturated rings. The molecule has 7 nitrogen and oxygen atoms in total. The predicted octanol–water partition coefficient (Wildman–Crippen LogP) is 0.446. The van der Waals surface area contributed by atoms with Crippen molar-refractivity contribution in [3.05, 3.63) is 16.0 Å². The van der Waals surface area contributed by atoms with Crippen LogP contribution < -0.4 is 10.0 Å². The number of anilines is 1. The molecule has 0 spiro atoms. The minimum absolute atomic E-state index is 0.223. The number of nitrogens with zero attached hydrogens (tertiary/aromatic N) is 1. The van der Waals surface area contributed by atoms with Gasteiger partial charge in [0.2, 0.25) is 10.0 Å². The quantitative estimate of drug-likeness (QED) is 0.781. The van der Waals surface area contributed by atoms with Crippen LogP contribution in [-0.2, 0) is 27.7 Å². The second-order valence-electron chi connectivity index (χ2n) is 4.15. The van der Waals surface area contributed by atoms with Crippen LogP contribution in [0.5, 0.6) is 0 Å². The SMILES string of the molecule is COC(=O)c1c(NS(=O)(=O)CC#N)sc2c1CCNC2. The molecule has 0 bridgehead atoms. The smallest absolute Gasteiger partial charge is 0.341 e. The fraction of sp³-hybridized carbons (Fsp3) is 0.455. The first-order valence-corrected chi connectivity index (χ1v) is 8.26. The van der Waals surface area contributed by atoms with Crippen LogP contribution in [-0.4, -0.2) is 33.8 Å². The lowest BCUT2D eigenvalue weighted by atomic mass is 10.0. The van der Waals surface area contributed by atoms with Gasteiger partial charge in [0, 0.05) is 11.4 Å². The molecule has 2 N–H and O–H groups in total. The van der Waals surface area contributed by atoms with Gasteiger partial charge < -0.3 is 10.1 Å². The summed E-state index contributed by atoms with van der Waals surface area (Å²) in [5, 5.41) is 11.9. The molecular formula is C11H13N3O4S2. The van der Waals surface area contributed by atoms with E-state index in [1.165, 1.54) is 18.4 Å². The Bertz CT molecular complexity index is 673.